The smallest absolute Gasteiger partial charge is 0.159 e. The maximum Gasteiger partial charge on any atom is 0.159 e. The molecule has 0 radical (unpaired) electrons. The fourth-order valence-electron chi connectivity index (χ4n) is 1.94. The summed E-state index contributed by atoms with van der Waals surface area (Å²) in [6.07, 6.45) is 0.929. The van der Waals surface area contributed by atoms with Gasteiger partial charge in [-0.25, -0.2) is 0 Å². The zero-order valence-corrected chi connectivity index (χ0v) is 10.2. The van der Waals surface area contributed by atoms with Crippen molar-refractivity contribution in [1.29, 1.82) is 0 Å². The highest BCUT2D eigenvalue weighted by molar-refractivity contribution is 5.94. The van der Waals surface area contributed by atoms with Crippen LogP contribution in [0.3, 0.4) is 0 Å². The Kier molecular flexibility index (Phi) is 3.68. The van der Waals surface area contributed by atoms with Crippen molar-refractivity contribution in [3.8, 4) is 0 Å². The Balaban J connectivity index is 2.34. The molecule has 2 aromatic carbocycles. The lowest BCUT2D eigenvalue weighted by atomic mass is 9.92. The third kappa shape index (κ3) is 2.54. The molecule has 0 aliphatic heterocycles. The summed E-state index contributed by atoms with van der Waals surface area (Å²) < 4.78 is 0. The van der Waals surface area contributed by atoms with Crippen molar-refractivity contribution in [2.45, 2.75) is 12.8 Å². The number of hydrogen-bond acceptors (Lipinski definition) is 2. The van der Waals surface area contributed by atoms with Crippen LogP contribution in [0.2, 0.25) is 0 Å². The molecule has 0 saturated heterocycles. The predicted octanol–water partition coefficient (Wildman–Crippen LogP) is 3.22. The first-order valence-corrected chi connectivity index (χ1v) is 5.83. The van der Waals surface area contributed by atoms with Crippen LogP contribution in [0.4, 0.5) is 0 Å². The monoisotopic (exact) mass is 238 g/mol. The maximum absolute atomic E-state index is 11.3. The largest absolute Gasteiger partial charge is 0.302 e. The lowest BCUT2D eigenvalue weighted by molar-refractivity contribution is -0.108. The van der Waals surface area contributed by atoms with Crippen molar-refractivity contribution >= 4 is 12.1 Å². The summed E-state index contributed by atoms with van der Waals surface area (Å²) in [5.41, 5.74) is 2.53. The molecule has 2 nitrogen and oxygen atoms in total. The first-order chi connectivity index (χ1) is 8.72. The number of benzene rings is 2. The van der Waals surface area contributed by atoms with Gasteiger partial charge in [-0.2, -0.15) is 0 Å². The minimum atomic E-state index is -0.271. The molecule has 0 heterocycles. The average molecular weight is 238 g/mol. The van der Waals surface area contributed by atoms with Gasteiger partial charge in [0.15, 0.2) is 5.78 Å². The molecule has 2 rings (SSSR count). The van der Waals surface area contributed by atoms with Gasteiger partial charge < -0.3 is 4.79 Å². The Hall–Kier alpha value is -2.22. The van der Waals surface area contributed by atoms with Crippen LogP contribution in [0.5, 0.6) is 0 Å². The highest BCUT2D eigenvalue weighted by Gasteiger charge is 2.12. The molecule has 1 atom stereocenters. The fourth-order valence-corrected chi connectivity index (χ4v) is 1.94. The summed E-state index contributed by atoms with van der Waals surface area (Å²) >= 11 is 0. The van der Waals surface area contributed by atoms with Crippen molar-refractivity contribution < 1.29 is 9.59 Å². The molecule has 0 fully saturated rings. The molecule has 90 valence electrons. The zero-order valence-electron chi connectivity index (χ0n) is 10.2. The summed E-state index contributed by atoms with van der Waals surface area (Å²) in [6, 6.07) is 16.8. The topological polar surface area (TPSA) is 34.1 Å². The number of carbonyl (C=O) groups is 2. The van der Waals surface area contributed by atoms with E-state index in [2.05, 4.69) is 0 Å². The van der Waals surface area contributed by atoms with Gasteiger partial charge in [0, 0.05) is 5.56 Å². The highest BCUT2D eigenvalue weighted by atomic mass is 16.1. The van der Waals surface area contributed by atoms with E-state index in [4.69, 9.17) is 0 Å². The summed E-state index contributed by atoms with van der Waals surface area (Å²) in [5, 5.41) is 0. The van der Waals surface area contributed by atoms with E-state index in [0.717, 1.165) is 17.4 Å². The van der Waals surface area contributed by atoms with E-state index in [1.165, 1.54) is 6.92 Å². The second-order valence-corrected chi connectivity index (χ2v) is 4.20. The lowest BCUT2D eigenvalue weighted by Crippen LogP contribution is -2.03. The molecule has 0 aromatic heterocycles. The quantitative estimate of drug-likeness (QED) is 0.605. The molecule has 2 aromatic rings. The number of ketones is 1. The number of carbonyl (C=O) groups excluding carboxylic acids is 2. The molecule has 1 unspecified atom stereocenters. The molecular formula is C16H14O2. The minimum Gasteiger partial charge on any atom is -0.302 e. The van der Waals surface area contributed by atoms with E-state index in [1.807, 2.05) is 42.5 Å². The SMILES string of the molecule is CC(=O)c1ccc(C(C=O)c2ccccc2)cc1. The highest BCUT2D eigenvalue weighted by Crippen LogP contribution is 2.22. The Labute approximate surface area is 106 Å². The summed E-state index contributed by atoms with van der Waals surface area (Å²) in [6.45, 7) is 1.53. The normalized spacial score (nSPS) is 11.8. The Bertz CT molecular complexity index is 541. The fraction of sp³-hybridized carbons (Fsp3) is 0.125. The third-order valence-corrected chi connectivity index (χ3v) is 2.97. The van der Waals surface area contributed by atoms with E-state index in [0.29, 0.717) is 5.56 Å². The van der Waals surface area contributed by atoms with Gasteiger partial charge in [-0.15, -0.1) is 0 Å². The molecule has 0 saturated carbocycles. The molecule has 2 heteroatoms. The Morgan fingerprint density at radius 3 is 2.00 bits per heavy atom. The van der Waals surface area contributed by atoms with Gasteiger partial charge in [-0.3, -0.25) is 4.79 Å². The zero-order chi connectivity index (χ0) is 13.0. The second kappa shape index (κ2) is 5.41. The molecular weight excluding hydrogens is 224 g/mol. The van der Waals surface area contributed by atoms with Crippen LogP contribution in [0, 0.1) is 0 Å². The molecule has 0 bridgehead atoms. The Morgan fingerprint density at radius 2 is 1.50 bits per heavy atom. The van der Waals surface area contributed by atoms with E-state index in [1.54, 1.807) is 12.1 Å². The lowest BCUT2D eigenvalue weighted by Gasteiger charge is -2.11. The number of Topliss-reactive ketones (excluding diaryl/α,β-unsaturated/α-hetero) is 1. The maximum atomic E-state index is 11.3. The molecule has 0 aliphatic rings. The van der Waals surface area contributed by atoms with Crippen LogP contribution in [-0.4, -0.2) is 12.1 Å². The van der Waals surface area contributed by atoms with Gasteiger partial charge in [0.2, 0.25) is 0 Å². The number of rotatable bonds is 4. The van der Waals surface area contributed by atoms with Crippen molar-refractivity contribution in [1.82, 2.24) is 0 Å². The molecule has 0 N–H and O–H groups in total. The van der Waals surface area contributed by atoms with Crippen LogP contribution >= 0.6 is 0 Å². The van der Waals surface area contributed by atoms with Gasteiger partial charge in [0.1, 0.15) is 6.29 Å². The van der Waals surface area contributed by atoms with Crippen molar-refractivity contribution in [3.63, 3.8) is 0 Å². The van der Waals surface area contributed by atoms with Crippen molar-refractivity contribution in [2.75, 3.05) is 0 Å². The van der Waals surface area contributed by atoms with Crippen molar-refractivity contribution in [2.24, 2.45) is 0 Å². The first-order valence-electron chi connectivity index (χ1n) is 5.83. The van der Waals surface area contributed by atoms with E-state index in [-0.39, 0.29) is 11.7 Å². The third-order valence-electron chi connectivity index (χ3n) is 2.97. The average Bonchev–Trinajstić information content (AvgIpc) is 2.41. The van der Waals surface area contributed by atoms with Crippen molar-refractivity contribution in [3.05, 3.63) is 71.3 Å². The summed E-state index contributed by atoms with van der Waals surface area (Å²) in [4.78, 5) is 22.5. The van der Waals surface area contributed by atoms with Gasteiger partial charge in [-0.1, -0.05) is 54.6 Å². The van der Waals surface area contributed by atoms with Gasteiger partial charge >= 0.3 is 0 Å². The molecule has 0 spiro atoms. The van der Waals surface area contributed by atoms with Gasteiger partial charge in [0.05, 0.1) is 5.92 Å². The predicted molar refractivity (Wildman–Crippen MR) is 70.8 cm³/mol. The van der Waals surface area contributed by atoms with Crippen LogP contribution in [0.15, 0.2) is 54.6 Å². The summed E-state index contributed by atoms with van der Waals surface area (Å²) in [7, 11) is 0. The first kappa shape index (κ1) is 12.2. The van der Waals surface area contributed by atoms with Crippen LogP contribution in [0.25, 0.3) is 0 Å². The van der Waals surface area contributed by atoms with Gasteiger partial charge in [-0.05, 0) is 18.1 Å². The molecule has 0 aliphatic carbocycles. The number of hydrogen-bond donors (Lipinski definition) is 0. The molecule has 18 heavy (non-hydrogen) atoms. The van der Waals surface area contributed by atoms with E-state index < -0.39 is 0 Å². The summed E-state index contributed by atoms with van der Waals surface area (Å²) in [5.74, 6) is -0.240. The molecule has 0 amide bonds. The van der Waals surface area contributed by atoms with Crippen LogP contribution in [-0.2, 0) is 4.79 Å². The Morgan fingerprint density at radius 1 is 0.944 bits per heavy atom. The van der Waals surface area contributed by atoms with Gasteiger partial charge in [0.25, 0.3) is 0 Å². The minimum absolute atomic E-state index is 0.0314. The standard InChI is InChI=1S/C16H14O2/c1-12(18)13-7-9-15(10-8-13)16(11-17)14-5-3-2-4-6-14/h2-11,16H,1H3. The second-order valence-electron chi connectivity index (χ2n) is 4.20. The van der Waals surface area contributed by atoms with Crippen LogP contribution < -0.4 is 0 Å². The van der Waals surface area contributed by atoms with E-state index >= 15 is 0 Å². The van der Waals surface area contributed by atoms with E-state index in [9.17, 15) is 9.59 Å². The number of aldehydes is 1. The van der Waals surface area contributed by atoms with Crippen LogP contribution in [0.1, 0.15) is 34.3 Å².